The summed E-state index contributed by atoms with van der Waals surface area (Å²) in [6.45, 7) is 5.46. The van der Waals surface area contributed by atoms with Gasteiger partial charge < -0.3 is 5.32 Å². The summed E-state index contributed by atoms with van der Waals surface area (Å²) in [7, 11) is 0. The number of hydrogen-bond donors (Lipinski definition) is 1. The zero-order valence-corrected chi connectivity index (χ0v) is 11.7. The van der Waals surface area contributed by atoms with Gasteiger partial charge >= 0.3 is 0 Å². The molecule has 0 amide bonds. The van der Waals surface area contributed by atoms with Crippen LogP contribution in [-0.2, 0) is 12.8 Å². The Morgan fingerprint density at radius 2 is 2.11 bits per heavy atom. The number of thiazole rings is 1. The lowest BCUT2D eigenvalue weighted by atomic mass is 10.1. The zero-order valence-electron chi connectivity index (χ0n) is 10.9. The van der Waals surface area contributed by atoms with Crippen LogP contribution in [0.1, 0.15) is 36.0 Å². The third kappa shape index (κ3) is 2.08. The number of nitrogens with one attached hydrogen (secondary N) is 1. The second kappa shape index (κ2) is 4.82. The van der Waals surface area contributed by atoms with E-state index in [4.69, 9.17) is 4.98 Å². The Balaban J connectivity index is 1.96. The smallest absolute Gasteiger partial charge is 0.123 e. The molecule has 1 N–H and O–H groups in total. The van der Waals surface area contributed by atoms with E-state index in [0.717, 1.165) is 19.4 Å². The highest BCUT2D eigenvalue weighted by molar-refractivity contribution is 7.15. The molecule has 94 valence electrons. The Labute approximate surface area is 112 Å². The number of hydrogen-bond acceptors (Lipinski definition) is 3. The standard InChI is InChI=1S/C15H18N2S/c1-3-11-4-6-12(7-5-11)15-17-13-8-9-16-10(2)14(13)18-15/h4-7,10,16H,3,8-9H2,1-2H3. The summed E-state index contributed by atoms with van der Waals surface area (Å²) in [6, 6.07) is 9.26. The molecule has 2 heterocycles. The molecule has 18 heavy (non-hydrogen) atoms. The molecule has 3 rings (SSSR count). The summed E-state index contributed by atoms with van der Waals surface area (Å²) in [5, 5.41) is 4.66. The lowest BCUT2D eigenvalue weighted by molar-refractivity contribution is 0.545. The van der Waals surface area contributed by atoms with Crippen molar-refractivity contribution in [1.82, 2.24) is 10.3 Å². The van der Waals surface area contributed by atoms with Crippen LogP contribution < -0.4 is 5.32 Å². The van der Waals surface area contributed by atoms with Gasteiger partial charge in [0.1, 0.15) is 5.01 Å². The third-order valence-corrected chi connectivity index (χ3v) is 4.87. The second-order valence-electron chi connectivity index (χ2n) is 4.81. The van der Waals surface area contributed by atoms with E-state index in [1.54, 1.807) is 0 Å². The van der Waals surface area contributed by atoms with Crippen molar-refractivity contribution in [3.8, 4) is 10.6 Å². The highest BCUT2D eigenvalue weighted by atomic mass is 32.1. The molecule has 0 fully saturated rings. The fourth-order valence-electron chi connectivity index (χ4n) is 2.39. The van der Waals surface area contributed by atoms with E-state index in [1.165, 1.54) is 26.7 Å². The zero-order chi connectivity index (χ0) is 12.5. The highest BCUT2D eigenvalue weighted by Gasteiger charge is 2.21. The minimum Gasteiger partial charge on any atom is -0.309 e. The molecule has 1 atom stereocenters. The number of aryl methyl sites for hydroxylation is 1. The van der Waals surface area contributed by atoms with Crippen LogP contribution in [0.4, 0.5) is 0 Å². The molecule has 0 aliphatic carbocycles. The van der Waals surface area contributed by atoms with Crippen LogP contribution in [0.25, 0.3) is 10.6 Å². The molecule has 1 aliphatic heterocycles. The summed E-state index contributed by atoms with van der Waals surface area (Å²) >= 11 is 1.84. The summed E-state index contributed by atoms with van der Waals surface area (Å²) in [5.41, 5.74) is 3.93. The molecule has 1 aromatic carbocycles. The summed E-state index contributed by atoms with van der Waals surface area (Å²) in [6.07, 6.45) is 2.15. The van der Waals surface area contributed by atoms with Gasteiger partial charge in [-0.05, 0) is 18.9 Å². The van der Waals surface area contributed by atoms with Crippen LogP contribution in [0.15, 0.2) is 24.3 Å². The lowest BCUT2D eigenvalue weighted by Crippen LogP contribution is -2.26. The number of fused-ring (bicyclic) bond motifs is 1. The van der Waals surface area contributed by atoms with Gasteiger partial charge in [-0.2, -0.15) is 0 Å². The Hall–Kier alpha value is -1.19. The van der Waals surface area contributed by atoms with Gasteiger partial charge in [-0.25, -0.2) is 4.98 Å². The van der Waals surface area contributed by atoms with Crippen LogP contribution in [0.5, 0.6) is 0 Å². The van der Waals surface area contributed by atoms with Crippen LogP contribution in [0.3, 0.4) is 0 Å². The highest BCUT2D eigenvalue weighted by Crippen LogP contribution is 2.34. The van der Waals surface area contributed by atoms with Gasteiger partial charge in [0.05, 0.1) is 5.69 Å². The first-order valence-electron chi connectivity index (χ1n) is 6.60. The maximum absolute atomic E-state index is 4.81. The molecular weight excluding hydrogens is 240 g/mol. The maximum Gasteiger partial charge on any atom is 0.123 e. The maximum atomic E-state index is 4.81. The fourth-order valence-corrected chi connectivity index (χ4v) is 3.53. The van der Waals surface area contributed by atoms with Crippen molar-refractivity contribution >= 4 is 11.3 Å². The second-order valence-corrected chi connectivity index (χ2v) is 5.84. The molecule has 0 saturated carbocycles. The Bertz CT molecular complexity index is 542. The van der Waals surface area contributed by atoms with E-state index in [9.17, 15) is 0 Å². The van der Waals surface area contributed by atoms with E-state index in [0.29, 0.717) is 6.04 Å². The number of benzene rings is 1. The first-order valence-corrected chi connectivity index (χ1v) is 7.42. The van der Waals surface area contributed by atoms with E-state index in [2.05, 4.69) is 43.4 Å². The summed E-state index contributed by atoms with van der Waals surface area (Å²) in [5.74, 6) is 0. The number of nitrogens with zero attached hydrogens (tertiary/aromatic N) is 1. The molecule has 1 unspecified atom stereocenters. The molecule has 0 spiro atoms. The minimum absolute atomic E-state index is 0.454. The number of aromatic nitrogens is 1. The Kier molecular flexibility index (Phi) is 3.18. The average molecular weight is 258 g/mol. The van der Waals surface area contributed by atoms with Crippen molar-refractivity contribution in [1.29, 1.82) is 0 Å². The van der Waals surface area contributed by atoms with Crippen molar-refractivity contribution in [2.24, 2.45) is 0 Å². The Morgan fingerprint density at radius 3 is 2.78 bits per heavy atom. The van der Waals surface area contributed by atoms with Crippen LogP contribution >= 0.6 is 11.3 Å². The molecular formula is C15H18N2S. The molecule has 0 radical (unpaired) electrons. The van der Waals surface area contributed by atoms with E-state index < -0.39 is 0 Å². The summed E-state index contributed by atoms with van der Waals surface area (Å²) < 4.78 is 0. The minimum atomic E-state index is 0.454. The predicted octanol–water partition coefficient (Wildman–Crippen LogP) is 3.58. The van der Waals surface area contributed by atoms with Gasteiger partial charge in [0.25, 0.3) is 0 Å². The van der Waals surface area contributed by atoms with Crippen molar-refractivity contribution < 1.29 is 0 Å². The molecule has 1 aromatic heterocycles. The first kappa shape index (κ1) is 11.9. The van der Waals surface area contributed by atoms with Gasteiger partial charge in [-0.3, -0.25) is 0 Å². The van der Waals surface area contributed by atoms with Crippen molar-refractivity contribution in [2.45, 2.75) is 32.7 Å². The fraction of sp³-hybridized carbons (Fsp3) is 0.400. The van der Waals surface area contributed by atoms with Gasteiger partial charge in [0.15, 0.2) is 0 Å². The monoisotopic (exact) mass is 258 g/mol. The largest absolute Gasteiger partial charge is 0.309 e. The SMILES string of the molecule is CCc1ccc(-c2nc3c(s2)C(C)NCC3)cc1. The number of rotatable bonds is 2. The first-order chi connectivity index (χ1) is 8.78. The van der Waals surface area contributed by atoms with Gasteiger partial charge in [-0.1, -0.05) is 31.2 Å². The van der Waals surface area contributed by atoms with Crippen LogP contribution in [0.2, 0.25) is 0 Å². The van der Waals surface area contributed by atoms with Gasteiger partial charge in [-0.15, -0.1) is 11.3 Å². The quantitative estimate of drug-likeness (QED) is 0.890. The normalized spacial score (nSPS) is 18.7. The van der Waals surface area contributed by atoms with E-state index in [1.807, 2.05) is 11.3 Å². The predicted molar refractivity (Wildman–Crippen MR) is 77.0 cm³/mol. The molecule has 1 aliphatic rings. The van der Waals surface area contributed by atoms with Crippen LogP contribution in [-0.4, -0.2) is 11.5 Å². The summed E-state index contributed by atoms with van der Waals surface area (Å²) in [4.78, 5) is 6.22. The molecule has 2 nitrogen and oxygen atoms in total. The van der Waals surface area contributed by atoms with Crippen molar-refractivity contribution in [3.05, 3.63) is 40.4 Å². The molecule has 0 saturated heterocycles. The van der Waals surface area contributed by atoms with Gasteiger partial charge in [0.2, 0.25) is 0 Å². The van der Waals surface area contributed by atoms with Gasteiger partial charge in [0, 0.05) is 29.4 Å². The van der Waals surface area contributed by atoms with E-state index in [-0.39, 0.29) is 0 Å². The van der Waals surface area contributed by atoms with Crippen molar-refractivity contribution in [2.75, 3.05) is 6.54 Å². The average Bonchev–Trinajstić information content (AvgIpc) is 2.84. The molecule has 2 aromatic rings. The Morgan fingerprint density at radius 1 is 1.33 bits per heavy atom. The van der Waals surface area contributed by atoms with E-state index >= 15 is 0 Å². The lowest BCUT2D eigenvalue weighted by Gasteiger charge is -2.18. The topological polar surface area (TPSA) is 24.9 Å². The third-order valence-electron chi connectivity index (χ3n) is 3.54. The molecule has 0 bridgehead atoms. The van der Waals surface area contributed by atoms with Crippen LogP contribution in [0, 0.1) is 0 Å². The van der Waals surface area contributed by atoms with Crippen molar-refractivity contribution in [3.63, 3.8) is 0 Å². The molecule has 3 heteroatoms.